The molecule has 0 aliphatic rings. The van der Waals surface area contributed by atoms with Crippen LogP contribution in [0.15, 0.2) is 36.5 Å². The van der Waals surface area contributed by atoms with Crippen molar-refractivity contribution in [2.24, 2.45) is 0 Å². The lowest BCUT2D eigenvalue weighted by Gasteiger charge is -2.08. The molecule has 0 atom stereocenters. The van der Waals surface area contributed by atoms with Gasteiger partial charge >= 0.3 is 5.97 Å². The first kappa shape index (κ1) is 17.1. The smallest absolute Gasteiger partial charge is 0.338 e. The third-order valence-electron chi connectivity index (χ3n) is 3.26. The van der Waals surface area contributed by atoms with Crippen molar-refractivity contribution in [2.75, 3.05) is 11.9 Å². The van der Waals surface area contributed by atoms with E-state index in [1.54, 1.807) is 6.92 Å². The molecular formula is C16H15N3O5. The van der Waals surface area contributed by atoms with Crippen molar-refractivity contribution in [3.8, 4) is 0 Å². The zero-order valence-corrected chi connectivity index (χ0v) is 13.1. The van der Waals surface area contributed by atoms with E-state index in [1.807, 2.05) is 0 Å². The van der Waals surface area contributed by atoms with Crippen molar-refractivity contribution in [3.63, 3.8) is 0 Å². The quantitative estimate of drug-likeness (QED) is 0.513. The van der Waals surface area contributed by atoms with Crippen molar-refractivity contribution < 1.29 is 19.2 Å². The van der Waals surface area contributed by atoms with Crippen LogP contribution in [-0.2, 0) is 4.74 Å². The SMILES string of the molecule is CCOC(=O)c1ccnc(NC(=O)c2cccc([N+](=O)[O-])c2C)c1. The van der Waals surface area contributed by atoms with Gasteiger partial charge in [0.2, 0.25) is 0 Å². The van der Waals surface area contributed by atoms with E-state index in [9.17, 15) is 19.7 Å². The van der Waals surface area contributed by atoms with Crippen molar-refractivity contribution in [3.05, 3.63) is 63.3 Å². The summed E-state index contributed by atoms with van der Waals surface area (Å²) < 4.78 is 4.88. The number of nitrogens with zero attached hydrogens (tertiary/aromatic N) is 2. The topological polar surface area (TPSA) is 111 Å². The summed E-state index contributed by atoms with van der Waals surface area (Å²) in [5.41, 5.74) is 0.517. The molecule has 8 heteroatoms. The van der Waals surface area contributed by atoms with Crippen LogP contribution >= 0.6 is 0 Å². The summed E-state index contributed by atoms with van der Waals surface area (Å²) in [6.07, 6.45) is 1.36. The molecule has 1 aromatic heterocycles. The van der Waals surface area contributed by atoms with Crippen LogP contribution in [0.25, 0.3) is 0 Å². The molecule has 0 aliphatic carbocycles. The number of nitro groups is 1. The van der Waals surface area contributed by atoms with Gasteiger partial charge in [-0.25, -0.2) is 9.78 Å². The van der Waals surface area contributed by atoms with Crippen LogP contribution in [0.4, 0.5) is 11.5 Å². The third kappa shape index (κ3) is 3.72. The Morgan fingerprint density at radius 3 is 2.75 bits per heavy atom. The summed E-state index contributed by atoms with van der Waals surface area (Å²) in [5.74, 6) is -0.928. The van der Waals surface area contributed by atoms with E-state index in [-0.39, 0.29) is 34.8 Å². The number of nitrogens with one attached hydrogen (secondary N) is 1. The van der Waals surface area contributed by atoms with E-state index >= 15 is 0 Å². The van der Waals surface area contributed by atoms with E-state index < -0.39 is 16.8 Å². The lowest BCUT2D eigenvalue weighted by atomic mass is 10.1. The van der Waals surface area contributed by atoms with E-state index in [0.29, 0.717) is 0 Å². The maximum absolute atomic E-state index is 12.3. The van der Waals surface area contributed by atoms with Crippen molar-refractivity contribution in [2.45, 2.75) is 13.8 Å². The van der Waals surface area contributed by atoms with Gasteiger partial charge in [0.15, 0.2) is 0 Å². The number of nitro benzene ring substituents is 1. The van der Waals surface area contributed by atoms with Gasteiger partial charge in [-0.05, 0) is 32.0 Å². The van der Waals surface area contributed by atoms with Crippen LogP contribution in [-0.4, -0.2) is 28.4 Å². The fourth-order valence-electron chi connectivity index (χ4n) is 2.09. The highest BCUT2D eigenvalue weighted by molar-refractivity contribution is 6.05. The second-order valence-corrected chi connectivity index (χ2v) is 4.81. The van der Waals surface area contributed by atoms with E-state index in [2.05, 4.69) is 10.3 Å². The number of carbonyl (C=O) groups is 2. The Morgan fingerprint density at radius 1 is 1.33 bits per heavy atom. The van der Waals surface area contributed by atoms with Crippen molar-refractivity contribution in [1.29, 1.82) is 0 Å². The molecule has 0 saturated carbocycles. The predicted octanol–water partition coefficient (Wildman–Crippen LogP) is 2.73. The van der Waals surface area contributed by atoms with Gasteiger partial charge in [-0.15, -0.1) is 0 Å². The maximum atomic E-state index is 12.3. The molecule has 0 bridgehead atoms. The minimum atomic E-state index is -0.551. The number of hydrogen-bond acceptors (Lipinski definition) is 6. The van der Waals surface area contributed by atoms with Gasteiger partial charge in [-0.2, -0.15) is 0 Å². The molecule has 8 nitrogen and oxygen atoms in total. The zero-order valence-electron chi connectivity index (χ0n) is 13.1. The number of pyridine rings is 1. The van der Waals surface area contributed by atoms with Crippen LogP contribution in [0, 0.1) is 17.0 Å². The number of carbonyl (C=O) groups excluding carboxylic acids is 2. The van der Waals surface area contributed by atoms with Gasteiger partial charge in [-0.3, -0.25) is 14.9 Å². The largest absolute Gasteiger partial charge is 0.462 e. The number of esters is 1. The highest BCUT2D eigenvalue weighted by atomic mass is 16.6. The van der Waals surface area contributed by atoms with Crippen LogP contribution in [0.3, 0.4) is 0 Å². The number of rotatable bonds is 5. The van der Waals surface area contributed by atoms with Gasteiger partial charge in [0, 0.05) is 23.4 Å². The summed E-state index contributed by atoms with van der Waals surface area (Å²) in [6, 6.07) is 7.08. The minimum Gasteiger partial charge on any atom is -0.462 e. The number of anilines is 1. The standard InChI is InChI=1S/C16H15N3O5/c1-3-24-16(21)11-7-8-17-14(9-11)18-15(20)12-5-4-6-13(10(12)2)19(22)23/h4-9H,3H2,1-2H3,(H,17,18,20). The number of hydrogen-bond donors (Lipinski definition) is 1. The van der Waals surface area contributed by atoms with Crippen molar-refractivity contribution in [1.82, 2.24) is 4.98 Å². The molecule has 0 saturated heterocycles. The fourth-order valence-corrected chi connectivity index (χ4v) is 2.09. The molecule has 1 N–H and O–H groups in total. The highest BCUT2D eigenvalue weighted by Gasteiger charge is 2.18. The zero-order chi connectivity index (χ0) is 17.7. The molecule has 0 radical (unpaired) electrons. The minimum absolute atomic E-state index is 0.143. The summed E-state index contributed by atoms with van der Waals surface area (Å²) in [5, 5.41) is 13.5. The summed E-state index contributed by atoms with van der Waals surface area (Å²) in [4.78, 5) is 38.4. The second-order valence-electron chi connectivity index (χ2n) is 4.81. The lowest BCUT2D eigenvalue weighted by Crippen LogP contribution is -2.15. The molecule has 0 aliphatic heterocycles. The van der Waals surface area contributed by atoms with Crippen molar-refractivity contribution >= 4 is 23.4 Å². The molecule has 124 valence electrons. The normalized spacial score (nSPS) is 10.1. The Labute approximate surface area is 137 Å². The van der Waals surface area contributed by atoms with E-state index in [0.717, 1.165) is 0 Å². The Kier molecular flexibility index (Phi) is 5.20. The Hall–Kier alpha value is -3.29. The Bertz CT molecular complexity index is 804. The average Bonchev–Trinajstić information content (AvgIpc) is 2.55. The number of benzene rings is 1. The Morgan fingerprint density at radius 2 is 2.08 bits per heavy atom. The highest BCUT2D eigenvalue weighted by Crippen LogP contribution is 2.22. The van der Waals surface area contributed by atoms with Crippen LogP contribution in [0.1, 0.15) is 33.2 Å². The third-order valence-corrected chi connectivity index (χ3v) is 3.26. The van der Waals surface area contributed by atoms with Crippen LogP contribution in [0.2, 0.25) is 0 Å². The molecular weight excluding hydrogens is 314 g/mol. The van der Waals surface area contributed by atoms with Crippen LogP contribution in [0.5, 0.6) is 0 Å². The van der Waals surface area contributed by atoms with Gasteiger partial charge < -0.3 is 10.1 Å². The van der Waals surface area contributed by atoms with E-state index in [4.69, 9.17) is 4.74 Å². The first-order chi connectivity index (χ1) is 11.4. The molecule has 24 heavy (non-hydrogen) atoms. The predicted molar refractivity (Wildman–Crippen MR) is 86.0 cm³/mol. The maximum Gasteiger partial charge on any atom is 0.338 e. The molecule has 2 aromatic rings. The summed E-state index contributed by atoms with van der Waals surface area (Å²) >= 11 is 0. The number of aromatic nitrogens is 1. The summed E-state index contributed by atoms with van der Waals surface area (Å²) in [6.45, 7) is 3.41. The number of ether oxygens (including phenoxy) is 1. The fraction of sp³-hybridized carbons (Fsp3) is 0.188. The first-order valence-corrected chi connectivity index (χ1v) is 7.12. The molecule has 0 unspecified atom stereocenters. The molecule has 1 aromatic carbocycles. The van der Waals surface area contributed by atoms with Crippen LogP contribution < -0.4 is 5.32 Å². The monoisotopic (exact) mass is 329 g/mol. The first-order valence-electron chi connectivity index (χ1n) is 7.12. The Balaban J connectivity index is 2.25. The lowest BCUT2D eigenvalue weighted by molar-refractivity contribution is -0.385. The van der Waals surface area contributed by atoms with Gasteiger partial charge in [0.25, 0.3) is 11.6 Å². The van der Waals surface area contributed by atoms with E-state index in [1.165, 1.54) is 43.5 Å². The second kappa shape index (κ2) is 7.32. The average molecular weight is 329 g/mol. The molecule has 0 spiro atoms. The summed E-state index contributed by atoms with van der Waals surface area (Å²) in [7, 11) is 0. The molecule has 0 fully saturated rings. The molecule has 1 amide bonds. The van der Waals surface area contributed by atoms with Gasteiger partial charge in [0.1, 0.15) is 5.82 Å². The molecule has 1 heterocycles. The molecule has 2 rings (SSSR count). The number of amides is 1. The van der Waals surface area contributed by atoms with Gasteiger partial charge in [0.05, 0.1) is 17.1 Å². The van der Waals surface area contributed by atoms with Gasteiger partial charge in [-0.1, -0.05) is 6.07 Å².